The van der Waals surface area contributed by atoms with Gasteiger partial charge in [-0.05, 0) is 5.92 Å². The summed E-state index contributed by atoms with van der Waals surface area (Å²) in [5.41, 5.74) is 0.245. The largest absolute Gasteiger partial charge is 0.422 e. The average Bonchev–Trinajstić information content (AvgIpc) is 1.96. The van der Waals surface area contributed by atoms with Crippen LogP contribution in [-0.2, 0) is 23.8 Å². The minimum Gasteiger partial charge on any atom is -0.422 e. The smallest absolute Gasteiger partial charge is 0.344 e. The molecule has 1 aliphatic heterocycles. The number of rotatable bonds is 2. The van der Waals surface area contributed by atoms with Gasteiger partial charge in [0.25, 0.3) is 5.79 Å². The van der Waals surface area contributed by atoms with Crippen molar-refractivity contribution < 1.29 is 23.8 Å². The Labute approximate surface area is 94.4 Å². The molecule has 0 atom stereocenters. The first-order valence-corrected chi connectivity index (χ1v) is 5.08. The second-order valence-electron chi connectivity index (χ2n) is 4.34. The topological polar surface area (TPSA) is 61.8 Å². The van der Waals surface area contributed by atoms with Crippen molar-refractivity contribution in [3.63, 3.8) is 0 Å². The van der Waals surface area contributed by atoms with E-state index in [4.69, 9.17) is 14.2 Å². The molecule has 0 aromatic heterocycles. The van der Waals surface area contributed by atoms with E-state index in [2.05, 4.69) is 0 Å². The SMILES string of the molecule is CC(=O)OC1=C(C(C)C)C(=O)OC(C)(C)O1. The molecule has 0 saturated heterocycles. The highest BCUT2D eigenvalue weighted by atomic mass is 16.8. The van der Waals surface area contributed by atoms with Crippen LogP contribution in [0.4, 0.5) is 0 Å². The third-order valence-corrected chi connectivity index (χ3v) is 1.93. The van der Waals surface area contributed by atoms with Gasteiger partial charge < -0.3 is 14.2 Å². The van der Waals surface area contributed by atoms with Gasteiger partial charge in [0, 0.05) is 20.8 Å². The first-order chi connectivity index (χ1) is 7.23. The molecule has 1 aliphatic rings. The summed E-state index contributed by atoms with van der Waals surface area (Å²) >= 11 is 0. The first kappa shape index (κ1) is 12.5. The number of carbonyl (C=O) groups is 2. The van der Waals surface area contributed by atoms with Crippen molar-refractivity contribution >= 4 is 11.9 Å². The van der Waals surface area contributed by atoms with Crippen LogP contribution in [0.2, 0.25) is 0 Å². The summed E-state index contributed by atoms with van der Waals surface area (Å²) in [7, 11) is 0. The molecule has 0 saturated carbocycles. The molecule has 0 fully saturated rings. The predicted molar refractivity (Wildman–Crippen MR) is 54.9 cm³/mol. The van der Waals surface area contributed by atoms with Gasteiger partial charge in [-0.15, -0.1) is 0 Å². The molecule has 0 amide bonds. The summed E-state index contributed by atoms with van der Waals surface area (Å²) in [5.74, 6) is -2.34. The number of hydrogen-bond acceptors (Lipinski definition) is 5. The molecule has 16 heavy (non-hydrogen) atoms. The summed E-state index contributed by atoms with van der Waals surface area (Å²) in [4.78, 5) is 22.6. The second-order valence-corrected chi connectivity index (χ2v) is 4.34. The van der Waals surface area contributed by atoms with Crippen molar-refractivity contribution in [3.05, 3.63) is 11.5 Å². The van der Waals surface area contributed by atoms with Crippen molar-refractivity contribution in [1.29, 1.82) is 0 Å². The molecule has 0 aromatic rings. The number of hydrogen-bond donors (Lipinski definition) is 0. The van der Waals surface area contributed by atoms with E-state index in [0.29, 0.717) is 0 Å². The fraction of sp³-hybridized carbons (Fsp3) is 0.636. The van der Waals surface area contributed by atoms with Crippen molar-refractivity contribution in [2.75, 3.05) is 0 Å². The Balaban J connectivity index is 3.12. The zero-order valence-electron chi connectivity index (χ0n) is 10.1. The van der Waals surface area contributed by atoms with Gasteiger partial charge in [-0.3, -0.25) is 4.79 Å². The number of cyclic esters (lactones) is 1. The predicted octanol–water partition coefficient (Wildman–Crippen LogP) is 1.73. The summed E-state index contributed by atoms with van der Waals surface area (Å²) in [6.45, 7) is 7.99. The number of carbonyl (C=O) groups excluding carboxylic acids is 2. The van der Waals surface area contributed by atoms with Gasteiger partial charge in [0.1, 0.15) is 5.57 Å². The Morgan fingerprint density at radius 3 is 2.31 bits per heavy atom. The Kier molecular flexibility index (Phi) is 3.26. The minimum absolute atomic E-state index is 0.0521. The van der Waals surface area contributed by atoms with E-state index in [1.165, 1.54) is 6.92 Å². The molecule has 0 bridgehead atoms. The summed E-state index contributed by atoms with van der Waals surface area (Å²) in [5, 5.41) is 0. The second kappa shape index (κ2) is 4.15. The highest BCUT2D eigenvalue weighted by Gasteiger charge is 2.38. The van der Waals surface area contributed by atoms with Gasteiger partial charge >= 0.3 is 17.9 Å². The molecule has 90 valence electrons. The van der Waals surface area contributed by atoms with Crippen molar-refractivity contribution in [1.82, 2.24) is 0 Å². The van der Waals surface area contributed by atoms with Crippen LogP contribution < -0.4 is 0 Å². The zero-order valence-corrected chi connectivity index (χ0v) is 10.1. The lowest BCUT2D eigenvalue weighted by Gasteiger charge is -2.33. The van der Waals surface area contributed by atoms with Crippen molar-refractivity contribution in [2.24, 2.45) is 5.92 Å². The molecule has 5 heteroatoms. The van der Waals surface area contributed by atoms with Crippen LogP contribution in [0.1, 0.15) is 34.6 Å². The molecule has 0 spiro atoms. The van der Waals surface area contributed by atoms with Gasteiger partial charge in [-0.2, -0.15) is 0 Å². The average molecular weight is 228 g/mol. The molecule has 0 aliphatic carbocycles. The maximum Gasteiger partial charge on any atom is 0.344 e. The normalized spacial score (nSPS) is 19.2. The quantitative estimate of drug-likeness (QED) is 0.673. The highest BCUT2D eigenvalue weighted by molar-refractivity contribution is 5.90. The molecule has 5 nitrogen and oxygen atoms in total. The Morgan fingerprint density at radius 1 is 1.31 bits per heavy atom. The van der Waals surface area contributed by atoms with Crippen LogP contribution in [0.5, 0.6) is 0 Å². The molecule has 0 aromatic carbocycles. The number of esters is 2. The van der Waals surface area contributed by atoms with Crippen LogP contribution >= 0.6 is 0 Å². The van der Waals surface area contributed by atoms with Crippen LogP contribution in [-0.4, -0.2) is 17.7 Å². The maximum absolute atomic E-state index is 11.7. The molecule has 0 unspecified atom stereocenters. The van der Waals surface area contributed by atoms with E-state index in [-0.39, 0.29) is 17.4 Å². The standard InChI is InChI=1S/C11H16O5/c1-6(2)8-9(13)15-11(4,5)16-10(8)14-7(3)12/h6H,1-5H3. The van der Waals surface area contributed by atoms with E-state index in [1.807, 2.05) is 0 Å². The van der Waals surface area contributed by atoms with Crippen molar-refractivity contribution in [3.8, 4) is 0 Å². The fourth-order valence-electron chi connectivity index (χ4n) is 1.34. The fourth-order valence-corrected chi connectivity index (χ4v) is 1.34. The van der Waals surface area contributed by atoms with Gasteiger partial charge in [-0.25, -0.2) is 4.79 Å². The Bertz CT molecular complexity index is 351. The van der Waals surface area contributed by atoms with Crippen LogP contribution in [0, 0.1) is 5.92 Å². The monoisotopic (exact) mass is 228 g/mol. The third-order valence-electron chi connectivity index (χ3n) is 1.93. The molecule has 0 radical (unpaired) electrons. The van der Waals surface area contributed by atoms with E-state index in [1.54, 1.807) is 27.7 Å². The lowest BCUT2D eigenvalue weighted by Crippen LogP contribution is -2.39. The Hall–Kier alpha value is -1.52. The van der Waals surface area contributed by atoms with Gasteiger partial charge in [0.2, 0.25) is 0 Å². The van der Waals surface area contributed by atoms with Crippen LogP contribution in [0.15, 0.2) is 11.5 Å². The van der Waals surface area contributed by atoms with Crippen LogP contribution in [0.3, 0.4) is 0 Å². The molecular formula is C11H16O5. The van der Waals surface area contributed by atoms with Gasteiger partial charge in [0.05, 0.1) is 0 Å². The van der Waals surface area contributed by atoms with E-state index in [9.17, 15) is 9.59 Å². The molecule has 0 N–H and O–H groups in total. The highest BCUT2D eigenvalue weighted by Crippen LogP contribution is 2.30. The lowest BCUT2D eigenvalue weighted by molar-refractivity contribution is -0.226. The Morgan fingerprint density at radius 2 is 1.88 bits per heavy atom. The van der Waals surface area contributed by atoms with Gasteiger partial charge in [-0.1, -0.05) is 13.8 Å². The zero-order chi connectivity index (χ0) is 12.5. The molecular weight excluding hydrogens is 212 g/mol. The lowest BCUT2D eigenvalue weighted by atomic mass is 10.0. The van der Waals surface area contributed by atoms with Gasteiger partial charge in [0.15, 0.2) is 0 Å². The minimum atomic E-state index is -1.11. The van der Waals surface area contributed by atoms with E-state index < -0.39 is 17.7 Å². The third kappa shape index (κ3) is 2.74. The molecule has 1 heterocycles. The molecule has 1 rings (SSSR count). The maximum atomic E-state index is 11.7. The van der Waals surface area contributed by atoms with E-state index >= 15 is 0 Å². The summed E-state index contributed by atoms with van der Waals surface area (Å²) in [6.07, 6.45) is 0. The van der Waals surface area contributed by atoms with Crippen molar-refractivity contribution in [2.45, 2.75) is 40.4 Å². The summed E-state index contributed by atoms with van der Waals surface area (Å²) < 4.78 is 15.3. The summed E-state index contributed by atoms with van der Waals surface area (Å²) in [6, 6.07) is 0. The van der Waals surface area contributed by atoms with Crippen LogP contribution in [0.25, 0.3) is 0 Å². The number of ether oxygens (including phenoxy) is 3. The van der Waals surface area contributed by atoms with E-state index in [0.717, 1.165) is 0 Å². The first-order valence-electron chi connectivity index (χ1n) is 5.08.